The van der Waals surface area contributed by atoms with Crippen molar-refractivity contribution >= 4 is 103 Å². The van der Waals surface area contributed by atoms with Crippen LogP contribution in [0.5, 0.6) is 0 Å². The number of furan rings is 1. The van der Waals surface area contributed by atoms with Crippen LogP contribution in [0.2, 0.25) is 0 Å². The lowest BCUT2D eigenvalue weighted by Gasteiger charge is -2.34. The topological polar surface area (TPSA) is 21.3 Å². The van der Waals surface area contributed by atoms with E-state index in [9.17, 15) is 0 Å². The molecule has 0 bridgehead atoms. The number of fused-ring (bicyclic) bond motifs is 14. The molecule has 0 N–H and O–H groups in total. The fourth-order valence-corrected chi connectivity index (χ4v) is 14.0. The summed E-state index contributed by atoms with van der Waals surface area (Å²) in [5, 5.41) is 9.51. The fraction of sp³-hybridized carbons (Fsp3) is 0.0141. The Bertz CT molecular complexity index is 4740. The first-order chi connectivity index (χ1) is 37.2. The lowest BCUT2D eigenvalue weighted by atomic mass is 9.68. The summed E-state index contributed by atoms with van der Waals surface area (Å²) in [6.07, 6.45) is 0. The Morgan fingerprint density at radius 3 is 1.81 bits per heavy atom. The second-order valence-electron chi connectivity index (χ2n) is 19.9. The second-order valence-corrected chi connectivity index (χ2v) is 21.0. The lowest BCUT2D eigenvalue weighted by Crippen LogP contribution is -2.28. The molecule has 1 aliphatic carbocycles. The molecule has 0 amide bonds. The van der Waals surface area contributed by atoms with Gasteiger partial charge >= 0.3 is 0 Å². The van der Waals surface area contributed by atoms with Gasteiger partial charge in [0, 0.05) is 69.7 Å². The third kappa shape index (κ3) is 6.09. The Morgan fingerprint density at radius 1 is 0.373 bits per heavy atom. The van der Waals surface area contributed by atoms with Crippen LogP contribution < -0.4 is 4.90 Å². The molecule has 15 aromatic rings. The van der Waals surface area contributed by atoms with Gasteiger partial charge < -0.3 is 13.9 Å². The first-order valence-electron chi connectivity index (χ1n) is 25.7. The molecule has 350 valence electrons. The van der Waals surface area contributed by atoms with Crippen LogP contribution in [0.25, 0.3) is 103 Å². The Kier molecular flexibility index (Phi) is 9.12. The molecule has 0 atom stereocenters. The number of hydrogen-bond acceptors (Lipinski definition) is 3. The van der Waals surface area contributed by atoms with Gasteiger partial charge in [-0.1, -0.05) is 200 Å². The third-order valence-corrected chi connectivity index (χ3v) is 17.2. The van der Waals surface area contributed by atoms with Crippen molar-refractivity contribution in [2.45, 2.75) is 5.41 Å². The number of anilines is 3. The van der Waals surface area contributed by atoms with E-state index in [-0.39, 0.29) is 0 Å². The highest BCUT2D eigenvalue weighted by Gasteiger charge is 2.46. The number of thiophene rings is 1. The largest absolute Gasteiger partial charge is 0.454 e. The Labute approximate surface area is 437 Å². The monoisotopic (exact) mass is 972 g/mol. The zero-order valence-corrected chi connectivity index (χ0v) is 41.4. The van der Waals surface area contributed by atoms with E-state index >= 15 is 0 Å². The first kappa shape index (κ1) is 42.1. The minimum Gasteiger partial charge on any atom is -0.454 e. The van der Waals surface area contributed by atoms with Gasteiger partial charge in [0.1, 0.15) is 5.58 Å². The lowest BCUT2D eigenvalue weighted by molar-refractivity contribution is 0.669. The standard InChI is InChI=1S/C71H44N2OS/c1-4-20-47(21-5-1)71(48-22-6-2-7-23-48)62-32-15-12-27-54(62)59-43-50(36-39-63(59)71)72(51-37-40-67-60(44-51)56-29-14-17-34-66(56)75-67)64-42-46(41-61-55-28-13-16-33-65(55)74-70(61)64)53-30-18-31-57-58-38-35-45-19-10-11-26-52(45)68(58)73(69(53)57)49-24-8-3-9-25-49/h1-44H. The molecule has 4 heteroatoms. The van der Waals surface area contributed by atoms with E-state index in [2.05, 4.69) is 276 Å². The summed E-state index contributed by atoms with van der Waals surface area (Å²) in [7, 11) is 0. The van der Waals surface area contributed by atoms with E-state index in [4.69, 9.17) is 4.42 Å². The molecule has 16 rings (SSSR count). The predicted molar refractivity (Wildman–Crippen MR) is 316 cm³/mol. The molecule has 75 heavy (non-hydrogen) atoms. The average Bonchev–Trinajstić information content (AvgIpc) is 4.34. The van der Waals surface area contributed by atoms with Crippen molar-refractivity contribution in [2.24, 2.45) is 0 Å². The van der Waals surface area contributed by atoms with E-state index in [1.807, 2.05) is 11.3 Å². The maximum atomic E-state index is 7.17. The normalized spacial score (nSPS) is 12.9. The number of rotatable bonds is 7. The zero-order valence-electron chi connectivity index (χ0n) is 40.6. The zero-order chi connectivity index (χ0) is 49.2. The number of hydrogen-bond donors (Lipinski definition) is 0. The van der Waals surface area contributed by atoms with Crippen molar-refractivity contribution in [3.63, 3.8) is 0 Å². The summed E-state index contributed by atoms with van der Waals surface area (Å²) in [5.41, 5.74) is 17.4. The van der Waals surface area contributed by atoms with Gasteiger partial charge in [0.2, 0.25) is 0 Å². The molecule has 12 aromatic carbocycles. The van der Waals surface area contributed by atoms with Gasteiger partial charge in [0.05, 0.1) is 22.1 Å². The molecule has 0 fully saturated rings. The van der Waals surface area contributed by atoms with Crippen LogP contribution in [0.15, 0.2) is 271 Å². The van der Waals surface area contributed by atoms with Crippen molar-refractivity contribution in [2.75, 3.05) is 4.90 Å². The van der Waals surface area contributed by atoms with Crippen LogP contribution in [-0.4, -0.2) is 4.57 Å². The number of para-hydroxylation sites is 3. The van der Waals surface area contributed by atoms with Crippen LogP contribution in [0.4, 0.5) is 17.1 Å². The molecular formula is C71H44N2OS. The molecule has 3 nitrogen and oxygen atoms in total. The fourth-order valence-electron chi connectivity index (χ4n) is 12.9. The van der Waals surface area contributed by atoms with Gasteiger partial charge in [-0.3, -0.25) is 0 Å². The summed E-state index contributed by atoms with van der Waals surface area (Å²) in [6, 6.07) is 98.5. The van der Waals surface area contributed by atoms with Gasteiger partial charge in [-0.25, -0.2) is 0 Å². The minimum atomic E-state index is -0.528. The van der Waals surface area contributed by atoms with Crippen molar-refractivity contribution in [1.82, 2.24) is 4.57 Å². The molecular weight excluding hydrogens is 929 g/mol. The first-order valence-corrected chi connectivity index (χ1v) is 26.6. The minimum absolute atomic E-state index is 0.528. The van der Waals surface area contributed by atoms with Crippen LogP contribution in [0.3, 0.4) is 0 Å². The maximum absolute atomic E-state index is 7.17. The predicted octanol–water partition coefficient (Wildman–Crippen LogP) is 19.7. The molecule has 1 aliphatic rings. The summed E-state index contributed by atoms with van der Waals surface area (Å²) in [5.74, 6) is 0. The molecule has 0 aliphatic heterocycles. The van der Waals surface area contributed by atoms with Crippen LogP contribution in [0, 0.1) is 0 Å². The highest BCUT2D eigenvalue weighted by molar-refractivity contribution is 7.25. The third-order valence-electron chi connectivity index (χ3n) is 16.0. The van der Waals surface area contributed by atoms with Gasteiger partial charge in [-0.2, -0.15) is 0 Å². The molecule has 0 saturated carbocycles. The number of benzene rings is 12. The average molecular weight is 973 g/mol. The van der Waals surface area contributed by atoms with Crippen LogP contribution in [-0.2, 0) is 5.41 Å². The summed E-state index contributed by atoms with van der Waals surface area (Å²) in [4.78, 5) is 2.47. The van der Waals surface area contributed by atoms with E-state index in [1.54, 1.807) is 0 Å². The second kappa shape index (κ2) is 16.3. The van der Waals surface area contributed by atoms with Crippen molar-refractivity contribution < 1.29 is 4.42 Å². The summed E-state index contributed by atoms with van der Waals surface area (Å²) >= 11 is 1.85. The Hall–Kier alpha value is -9.48. The molecule has 0 spiro atoms. The van der Waals surface area contributed by atoms with Crippen LogP contribution >= 0.6 is 11.3 Å². The highest BCUT2D eigenvalue weighted by Crippen LogP contribution is 2.58. The summed E-state index contributed by atoms with van der Waals surface area (Å²) in [6.45, 7) is 0. The van der Waals surface area contributed by atoms with Gasteiger partial charge in [0.25, 0.3) is 0 Å². The molecule has 0 saturated heterocycles. The Balaban J connectivity index is 1.02. The van der Waals surface area contributed by atoms with Crippen LogP contribution in [0.1, 0.15) is 22.3 Å². The number of aromatic nitrogens is 1. The van der Waals surface area contributed by atoms with E-state index in [1.165, 1.54) is 80.6 Å². The smallest absolute Gasteiger partial charge is 0.159 e. The maximum Gasteiger partial charge on any atom is 0.159 e. The van der Waals surface area contributed by atoms with Crippen molar-refractivity contribution in [3.05, 3.63) is 289 Å². The Morgan fingerprint density at radius 2 is 0.987 bits per heavy atom. The van der Waals surface area contributed by atoms with Gasteiger partial charge in [-0.05, 0) is 111 Å². The highest BCUT2D eigenvalue weighted by atomic mass is 32.1. The van der Waals surface area contributed by atoms with Gasteiger partial charge in [0.15, 0.2) is 5.58 Å². The van der Waals surface area contributed by atoms with Crippen molar-refractivity contribution in [1.29, 1.82) is 0 Å². The molecule has 3 heterocycles. The van der Waals surface area contributed by atoms with E-state index < -0.39 is 5.41 Å². The van der Waals surface area contributed by atoms with E-state index in [0.717, 1.165) is 61.3 Å². The molecule has 3 aromatic heterocycles. The molecule has 0 radical (unpaired) electrons. The van der Waals surface area contributed by atoms with Crippen molar-refractivity contribution in [3.8, 4) is 27.9 Å². The SMILES string of the molecule is c1ccc(-n2c3c(-c4cc(N(c5ccc6c(c5)-c5ccccc5C6(c5ccccc5)c5ccccc5)c5ccc6sc7ccccc7c6c5)c5oc6ccccc6c5c4)cccc3c3ccc4ccccc4c32)cc1. The summed E-state index contributed by atoms with van der Waals surface area (Å²) < 4.78 is 12.2. The number of nitrogens with zero attached hydrogens (tertiary/aromatic N) is 2. The van der Waals surface area contributed by atoms with Gasteiger partial charge in [-0.15, -0.1) is 11.3 Å². The molecule has 0 unspecified atom stereocenters. The quantitative estimate of drug-likeness (QED) is 0.159. The van der Waals surface area contributed by atoms with E-state index in [0.29, 0.717) is 0 Å².